The zero-order valence-electron chi connectivity index (χ0n) is 11.7. The van der Waals surface area contributed by atoms with Crippen LogP contribution in [0.1, 0.15) is 29.3 Å². The minimum atomic E-state index is 0.335. The third-order valence-electron chi connectivity index (χ3n) is 3.81. The molecule has 1 atom stereocenters. The molecule has 1 aromatic heterocycles. The highest BCUT2D eigenvalue weighted by atomic mass is 15.3. The first-order valence-corrected chi connectivity index (χ1v) is 6.98. The van der Waals surface area contributed by atoms with Crippen LogP contribution in [0.2, 0.25) is 0 Å². The van der Waals surface area contributed by atoms with E-state index in [0.29, 0.717) is 12.5 Å². The van der Waals surface area contributed by atoms with Crippen molar-refractivity contribution in [3.05, 3.63) is 71.6 Å². The van der Waals surface area contributed by atoms with Crippen molar-refractivity contribution >= 4 is 0 Å². The number of para-hydroxylation sites is 1. The summed E-state index contributed by atoms with van der Waals surface area (Å²) in [6, 6.07) is 10.2. The van der Waals surface area contributed by atoms with Gasteiger partial charge in [-0.3, -0.25) is 0 Å². The van der Waals surface area contributed by atoms with Crippen molar-refractivity contribution in [1.29, 1.82) is 0 Å². The second kappa shape index (κ2) is 5.47. The summed E-state index contributed by atoms with van der Waals surface area (Å²) in [6.07, 6.45) is 9.55. The highest BCUT2D eigenvalue weighted by Crippen LogP contribution is 2.29. The molecule has 102 valence electrons. The van der Waals surface area contributed by atoms with E-state index < -0.39 is 0 Å². The van der Waals surface area contributed by atoms with Gasteiger partial charge in [-0.15, -0.1) is 0 Å². The van der Waals surface area contributed by atoms with Crippen molar-refractivity contribution < 1.29 is 0 Å². The Kier molecular flexibility index (Phi) is 3.52. The van der Waals surface area contributed by atoms with Crippen LogP contribution >= 0.6 is 0 Å². The van der Waals surface area contributed by atoms with Gasteiger partial charge in [0.25, 0.3) is 0 Å². The van der Waals surface area contributed by atoms with Crippen molar-refractivity contribution in [2.45, 2.75) is 25.8 Å². The summed E-state index contributed by atoms with van der Waals surface area (Å²) >= 11 is 0. The number of benzene rings is 1. The van der Waals surface area contributed by atoms with Crippen LogP contribution in [0.15, 0.2) is 54.6 Å². The molecule has 3 heteroatoms. The van der Waals surface area contributed by atoms with Gasteiger partial charge < -0.3 is 5.73 Å². The molecular formula is C17H19N3. The van der Waals surface area contributed by atoms with Crippen LogP contribution in [0.25, 0.3) is 5.69 Å². The summed E-state index contributed by atoms with van der Waals surface area (Å²) in [5.41, 5.74) is 10.4. The van der Waals surface area contributed by atoms with E-state index in [-0.39, 0.29) is 0 Å². The summed E-state index contributed by atoms with van der Waals surface area (Å²) in [4.78, 5) is 0. The quantitative estimate of drug-likeness (QED) is 0.926. The Hall–Kier alpha value is -2.13. The first-order chi connectivity index (χ1) is 9.81. The average Bonchev–Trinajstić information content (AvgIpc) is 2.86. The molecule has 0 aliphatic heterocycles. The standard InChI is InChI=1S/C17H19N3/c1-13-16(12-18)17(14-8-4-2-5-9-14)19-20(13)15-10-6-3-7-11-15/h2-8,10-11,14H,9,12,18H2,1H3. The van der Waals surface area contributed by atoms with E-state index in [1.54, 1.807) is 0 Å². The molecule has 0 spiro atoms. The lowest BCUT2D eigenvalue weighted by Gasteiger charge is -2.11. The highest BCUT2D eigenvalue weighted by molar-refractivity contribution is 5.40. The second-order valence-electron chi connectivity index (χ2n) is 5.06. The Bertz CT molecular complexity index is 650. The van der Waals surface area contributed by atoms with Gasteiger partial charge in [0.1, 0.15) is 0 Å². The second-order valence-corrected chi connectivity index (χ2v) is 5.06. The summed E-state index contributed by atoms with van der Waals surface area (Å²) in [6.45, 7) is 2.62. The Labute approximate surface area is 119 Å². The van der Waals surface area contributed by atoms with Gasteiger partial charge in [-0.1, -0.05) is 42.5 Å². The summed E-state index contributed by atoms with van der Waals surface area (Å²) < 4.78 is 2.00. The Morgan fingerprint density at radius 1 is 1.25 bits per heavy atom. The Morgan fingerprint density at radius 3 is 2.70 bits per heavy atom. The molecule has 0 saturated heterocycles. The largest absolute Gasteiger partial charge is 0.326 e. The summed E-state index contributed by atoms with van der Waals surface area (Å²) in [5.74, 6) is 0.335. The molecule has 1 aliphatic carbocycles. The van der Waals surface area contributed by atoms with E-state index in [1.807, 2.05) is 22.9 Å². The van der Waals surface area contributed by atoms with Gasteiger partial charge in [-0.05, 0) is 25.5 Å². The first kappa shape index (κ1) is 12.9. The summed E-state index contributed by atoms with van der Waals surface area (Å²) in [5, 5.41) is 4.83. The van der Waals surface area contributed by atoms with E-state index in [9.17, 15) is 0 Å². The van der Waals surface area contributed by atoms with E-state index in [1.165, 1.54) is 5.56 Å². The minimum Gasteiger partial charge on any atom is -0.326 e. The van der Waals surface area contributed by atoms with Crippen molar-refractivity contribution in [2.75, 3.05) is 0 Å². The number of hydrogen-bond donors (Lipinski definition) is 1. The van der Waals surface area contributed by atoms with E-state index in [2.05, 4.69) is 43.4 Å². The van der Waals surface area contributed by atoms with Crippen LogP contribution in [-0.4, -0.2) is 9.78 Å². The topological polar surface area (TPSA) is 43.8 Å². The lowest BCUT2D eigenvalue weighted by atomic mass is 9.94. The third kappa shape index (κ3) is 2.21. The Balaban J connectivity index is 2.08. The Morgan fingerprint density at radius 2 is 2.05 bits per heavy atom. The molecule has 2 N–H and O–H groups in total. The fourth-order valence-electron chi connectivity index (χ4n) is 2.71. The molecule has 20 heavy (non-hydrogen) atoms. The number of rotatable bonds is 3. The van der Waals surface area contributed by atoms with Crippen LogP contribution in [0.3, 0.4) is 0 Å². The molecule has 3 nitrogen and oxygen atoms in total. The molecule has 1 unspecified atom stereocenters. The predicted octanol–water partition coefficient (Wildman–Crippen LogP) is 3.24. The lowest BCUT2D eigenvalue weighted by Crippen LogP contribution is -2.05. The van der Waals surface area contributed by atoms with Gasteiger partial charge in [-0.25, -0.2) is 4.68 Å². The molecule has 3 rings (SSSR count). The van der Waals surface area contributed by atoms with Crippen molar-refractivity contribution in [2.24, 2.45) is 5.73 Å². The zero-order valence-corrected chi connectivity index (χ0v) is 11.7. The van der Waals surface area contributed by atoms with Crippen LogP contribution < -0.4 is 5.73 Å². The predicted molar refractivity (Wildman–Crippen MR) is 81.8 cm³/mol. The van der Waals surface area contributed by atoms with Crippen LogP contribution in [-0.2, 0) is 6.54 Å². The molecule has 1 aliphatic rings. The molecule has 0 fully saturated rings. The van der Waals surface area contributed by atoms with Crippen molar-refractivity contribution in [3.63, 3.8) is 0 Å². The number of hydrogen-bond acceptors (Lipinski definition) is 2. The van der Waals surface area contributed by atoms with Gasteiger partial charge in [0.15, 0.2) is 0 Å². The van der Waals surface area contributed by atoms with Crippen LogP contribution in [0.5, 0.6) is 0 Å². The molecule has 0 saturated carbocycles. The van der Waals surface area contributed by atoms with Crippen LogP contribution in [0, 0.1) is 6.92 Å². The van der Waals surface area contributed by atoms with Gasteiger partial charge >= 0.3 is 0 Å². The third-order valence-corrected chi connectivity index (χ3v) is 3.81. The van der Waals surface area contributed by atoms with Gasteiger partial charge in [0.2, 0.25) is 0 Å². The molecular weight excluding hydrogens is 246 g/mol. The monoisotopic (exact) mass is 265 g/mol. The molecule has 1 heterocycles. The molecule has 0 radical (unpaired) electrons. The fourth-order valence-corrected chi connectivity index (χ4v) is 2.71. The highest BCUT2D eigenvalue weighted by Gasteiger charge is 2.20. The molecule has 1 aromatic carbocycles. The fraction of sp³-hybridized carbons (Fsp3) is 0.235. The SMILES string of the molecule is Cc1c(CN)c(C2C=CC=CC2)nn1-c1ccccc1. The van der Waals surface area contributed by atoms with Crippen molar-refractivity contribution in [1.82, 2.24) is 9.78 Å². The van der Waals surface area contributed by atoms with Crippen molar-refractivity contribution in [3.8, 4) is 5.69 Å². The lowest BCUT2D eigenvalue weighted by molar-refractivity contribution is 0.756. The average molecular weight is 265 g/mol. The normalized spacial score (nSPS) is 17.6. The summed E-state index contributed by atoms with van der Waals surface area (Å²) in [7, 11) is 0. The maximum Gasteiger partial charge on any atom is 0.0748 e. The number of nitrogens with two attached hydrogens (primary N) is 1. The maximum atomic E-state index is 5.95. The van der Waals surface area contributed by atoms with Gasteiger partial charge in [0.05, 0.1) is 11.4 Å². The minimum absolute atomic E-state index is 0.335. The maximum absolute atomic E-state index is 5.95. The van der Waals surface area contributed by atoms with Crippen LogP contribution in [0.4, 0.5) is 0 Å². The van der Waals surface area contributed by atoms with Gasteiger partial charge in [0, 0.05) is 23.7 Å². The van der Waals surface area contributed by atoms with E-state index in [0.717, 1.165) is 23.5 Å². The van der Waals surface area contributed by atoms with E-state index >= 15 is 0 Å². The zero-order chi connectivity index (χ0) is 13.9. The number of aromatic nitrogens is 2. The molecule has 0 bridgehead atoms. The van der Waals surface area contributed by atoms with Gasteiger partial charge in [-0.2, -0.15) is 5.10 Å². The first-order valence-electron chi connectivity index (χ1n) is 6.98. The molecule has 0 amide bonds. The number of nitrogens with zero attached hydrogens (tertiary/aromatic N) is 2. The smallest absolute Gasteiger partial charge is 0.0748 e. The van der Waals surface area contributed by atoms with E-state index in [4.69, 9.17) is 10.8 Å². The molecule has 2 aromatic rings. The number of allylic oxidation sites excluding steroid dienone is 4.